The number of fused-ring (bicyclic) bond motifs is 1. The molecule has 0 fully saturated rings. The first-order chi connectivity index (χ1) is 9.66. The molecule has 5 heteroatoms. The Bertz CT molecular complexity index is 782. The van der Waals surface area contributed by atoms with E-state index in [0.717, 1.165) is 22.0 Å². The quantitative estimate of drug-likeness (QED) is 0.587. The highest BCUT2D eigenvalue weighted by molar-refractivity contribution is 7.15. The van der Waals surface area contributed by atoms with Crippen molar-refractivity contribution in [3.8, 4) is 0 Å². The second-order valence-corrected chi connectivity index (χ2v) is 5.60. The SMILES string of the molecule is Cc1ccccc1N/N=C/c1c(C)nc2scc(C)n12. The largest absolute Gasteiger partial charge is 0.286 e. The van der Waals surface area contributed by atoms with Gasteiger partial charge in [0.25, 0.3) is 0 Å². The summed E-state index contributed by atoms with van der Waals surface area (Å²) in [5.41, 5.74) is 8.48. The number of benzene rings is 1. The molecule has 0 unspecified atom stereocenters. The van der Waals surface area contributed by atoms with Crippen molar-refractivity contribution in [2.75, 3.05) is 5.43 Å². The first kappa shape index (κ1) is 12.9. The number of anilines is 1. The van der Waals surface area contributed by atoms with Crippen molar-refractivity contribution in [3.63, 3.8) is 0 Å². The number of imidazole rings is 1. The Balaban J connectivity index is 1.90. The Labute approximate surface area is 121 Å². The van der Waals surface area contributed by atoms with Gasteiger partial charge in [-0.2, -0.15) is 5.10 Å². The molecule has 0 radical (unpaired) electrons. The monoisotopic (exact) mass is 284 g/mol. The third-order valence-corrected chi connectivity index (χ3v) is 4.21. The molecule has 0 atom stereocenters. The van der Waals surface area contributed by atoms with E-state index in [-0.39, 0.29) is 0 Å². The second-order valence-electron chi connectivity index (χ2n) is 4.76. The van der Waals surface area contributed by atoms with Crippen LogP contribution >= 0.6 is 11.3 Å². The molecule has 0 aliphatic carbocycles. The van der Waals surface area contributed by atoms with Gasteiger partial charge in [-0.25, -0.2) is 4.98 Å². The van der Waals surface area contributed by atoms with E-state index in [2.05, 4.69) is 45.2 Å². The van der Waals surface area contributed by atoms with E-state index in [1.807, 2.05) is 31.3 Å². The van der Waals surface area contributed by atoms with Crippen molar-refractivity contribution < 1.29 is 0 Å². The maximum atomic E-state index is 4.54. The molecule has 4 nitrogen and oxygen atoms in total. The molecule has 0 aliphatic rings. The molecule has 3 aromatic rings. The molecular weight excluding hydrogens is 268 g/mol. The molecule has 0 bridgehead atoms. The van der Waals surface area contributed by atoms with Crippen LogP contribution in [0.1, 0.15) is 22.6 Å². The fourth-order valence-corrected chi connectivity index (χ4v) is 3.06. The van der Waals surface area contributed by atoms with Gasteiger partial charge < -0.3 is 0 Å². The van der Waals surface area contributed by atoms with Gasteiger partial charge in [0.2, 0.25) is 0 Å². The lowest BCUT2D eigenvalue weighted by Crippen LogP contribution is -1.97. The normalized spacial score (nSPS) is 11.6. The molecule has 2 aromatic heterocycles. The number of hydrogen-bond donors (Lipinski definition) is 1. The van der Waals surface area contributed by atoms with Crippen molar-refractivity contribution in [1.82, 2.24) is 9.38 Å². The molecule has 20 heavy (non-hydrogen) atoms. The van der Waals surface area contributed by atoms with Gasteiger partial charge in [0.1, 0.15) is 0 Å². The maximum Gasteiger partial charge on any atom is 0.194 e. The molecule has 0 spiro atoms. The average Bonchev–Trinajstić information content (AvgIpc) is 2.93. The number of hydrogen-bond acceptors (Lipinski definition) is 4. The van der Waals surface area contributed by atoms with Crippen LogP contribution in [0.25, 0.3) is 4.96 Å². The van der Waals surface area contributed by atoms with Crippen LogP contribution in [0.2, 0.25) is 0 Å². The van der Waals surface area contributed by atoms with E-state index in [1.54, 1.807) is 11.3 Å². The zero-order chi connectivity index (χ0) is 14.1. The zero-order valence-electron chi connectivity index (χ0n) is 11.7. The Morgan fingerprint density at radius 1 is 1.25 bits per heavy atom. The average molecular weight is 284 g/mol. The number of hydrazone groups is 1. The zero-order valence-corrected chi connectivity index (χ0v) is 12.5. The smallest absolute Gasteiger partial charge is 0.194 e. The summed E-state index contributed by atoms with van der Waals surface area (Å²) in [7, 11) is 0. The van der Waals surface area contributed by atoms with Gasteiger partial charge in [0, 0.05) is 11.1 Å². The first-order valence-electron chi connectivity index (χ1n) is 6.44. The van der Waals surface area contributed by atoms with Gasteiger partial charge in [0.05, 0.1) is 23.3 Å². The van der Waals surface area contributed by atoms with E-state index in [9.17, 15) is 0 Å². The van der Waals surface area contributed by atoms with Crippen LogP contribution in [0, 0.1) is 20.8 Å². The Kier molecular flexibility index (Phi) is 3.28. The lowest BCUT2D eigenvalue weighted by Gasteiger charge is -2.03. The minimum Gasteiger partial charge on any atom is -0.286 e. The molecule has 0 saturated heterocycles. The van der Waals surface area contributed by atoms with Crippen molar-refractivity contribution in [2.24, 2.45) is 5.10 Å². The van der Waals surface area contributed by atoms with Crippen molar-refractivity contribution in [3.05, 3.63) is 52.3 Å². The minimum atomic E-state index is 0.996. The Hall–Kier alpha value is -2.14. The molecule has 0 saturated carbocycles. The van der Waals surface area contributed by atoms with Gasteiger partial charge in [-0.3, -0.25) is 9.83 Å². The first-order valence-corrected chi connectivity index (χ1v) is 7.32. The third-order valence-electron chi connectivity index (χ3n) is 3.27. The molecular formula is C15H16N4S. The summed E-state index contributed by atoms with van der Waals surface area (Å²) >= 11 is 1.65. The molecule has 1 aromatic carbocycles. The van der Waals surface area contributed by atoms with Gasteiger partial charge in [-0.15, -0.1) is 11.3 Å². The molecule has 102 valence electrons. The summed E-state index contributed by atoms with van der Waals surface area (Å²) in [5, 5.41) is 6.45. The van der Waals surface area contributed by atoms with Crippen LogP contribution in [0.5, 0.6) is 0 Å². The van der Waals surface area contributed by atoms with Gasteiger partial charge >= 0.3 is 0 Å². The van der Waals surface area contributed by atoms with Crippen LogP contribution in [0.4, 0.5) is 5.69 Å². The number of nitrogens with zero attached hydrogens (tertiary/aromatic N) is 3. The summed E-state index contributed by atoms with van der Waals surface area (Å²) in [6.45, 7) is 6.15. The fourth-order valence-electron chi connectivity index (χ4n) is 2.14. The van der Waals surface area contributed by atoms with Crippen molar-refractivity contribution in [2.45, 2.75) is 20.8 Å². The number of thiazole rings is 1. The molecule has 0 aliphatic heterocycles. The Morgan fingerprint density at radius 2 is 2.05 bits per heavy atom. The van der Waals surface area contributed by atoms with E-state index >= 15 is 0 Å². The van der Waals surface area contributed by atoms with Crippen molar-refractivity contribution in [1.29, 1.82) is 0 Å². The predicted molar refractivity (Wildman–Crippen MR) is 84.9 cm³/mol. The fraction of sp³-hybridized carbons (Fsp3) is 0.200. The second kappa shape index (κ2) is 5.09. The van der Waals surface area contributed by atoms with E-state index in [0.29, 0.717) is 0 Å². The topological polar surface area (TPSA) is 41.7 Å². The molecule has 1 N–H and O–H groups in total. The van der Waals surface area contributed by atoms with Crippen LogP contribution in [-0.4, -0.2) is 15.6 Å². The summed E-state index contributed by atoms with van der Waals surface area (Å²) < 4.78 is 2.13. The number of rotatable bonds is 3. The minimum absolute atomic E-state index is 0.996. The van der Waals surface area contributed by atoms with E-state index in [4.69, 9.17) is 0 Å². The van der Waals surface area contributed by atoms with Crippen LogP contribution in [-0.2, 0) is 0 Å². The lowest BCUT2D eigenvalue weighted by atomic mass is 10.2. The summed E-state index contributed by atoms with van der Waals surface area (Å²) in [6, 6.07) is 8.09. The van der Waals surface area contributed by atoms with Crippen LogP contribution in [0.15, 0.2) is 34.7 Å². The third kappa shape index (κ3) is 2.20. The molecule has 3 rings (SSSR count). The highest BCUT2D eigenvalue weighted by Crippen LogP contribution is 2.19. The lowest BCUT2D eigenvalue weighted by molar-refractivity contribution is 1.11. The maximum absolute atomic E-state index is 4.54. The standard InChI is InChI=1S/C15H16N4S/c1-10-6-4-5-7-13(10)18-16-8-14-12(3)17-15-19(14)11(2)9-20-15/h4-9,18H,1-3H3/b16-8+. The number of nitrogens with one attached hydrogen (secondary N) is 1. The highest BCUT2D eigenvalue weighted by Gasteiger charge is 2.09. The molecule has 2 heterocycles. The van der Waals surface area contributed by atoms with Crippen molar-refractivity contribution >= 4 is 28.2 Å². The molecule has 0 amide bonds. The van der Waals surface area contributed by atoms with Crippen LogP contribution < -0.4 is 5.43 Å². The predicted octanol–water partition coefficient (Wildman–Crippen LogP) is 3.77. The van der Waals surface area contributed by atoms with Crippen LogP contribution in [0.3, 0.4) is 0 Å². The van der Waals surface area contributed by atoms with E-state index in [1.165, 1.54) is 11.3 Å². The number of aromatic nitrogens is 2. The van der Waals surface area contributed by atoms with Gasteiger partial charge in [-0.1, -0.05) is 18.2 Å². The number of aryl methyl sites for hydroxylation is 3. The van der Waals surface area contributed by atoms with Gasteiger partial charge in [0.15, 0.2) is 4.96 Å². The summed E-state index contributed by atoms with van der Waals surface area (Å²) in [6.07, 6.45) is 1.83. The summed E-state index contributed by atoms with van der Waals surface area (Å²) in [5.74, 6) is 0. The Morgan fingerprint density at radius 3 is 2.85 bits per heavy atom. The number of para-hydroxylation sites is 1. The van der Waals surface area contributed by atoms with E-state index < -0.39 is 0 Å². The van der Waals surface area contributed by atoms with Gasteiger partial charge in [-0.05, 0) is 32.4 Å². The highest BCUT2D eigenvalue weighted by atomic mass is 32.1. The summed E-state index contributed by atoms with van der Waals surface area (Å²) in [4.78, 5) is 5.55.